The first-order valence-electron chi connectivity index (χ1n) is 6.39. The van der Waals surface area contributed by atoms with Gasteiger partial charge in [0.05, 0.1) is 6.04 Å². The quantitative estimate of drug-likeness (QED) is 0.835. The summed E-state index contributed by atoms with van der Waals surface area (Å²) >= 11 is 2.28. The Morgan fingerprint density at radius 2 is 2.10 bits per heavy atom. The smallest absolute Gasteiger partial charge is 0.289 e. The van der Waals surface area contributed by atoms with E-state index in [1.54, 1.807) is 0 Å². The van der Waals surface area contributed by atoms with Gasteiger partial charge in [0.15, 0.2) is 0 Å². The van der Waals surface area contributed by atoms with E-state index in [-0.39, 0.29) is 6.04 Å². The van der Waals surface area contributed by atoms with Gasteiger partial charge in [-0.15, -0.1) is 0 Å². The van der Waals surface area contributed by atoms with Crippen LogP contribution in [-0.4, -0.2) is 18.7 Å². The zero-order valence-corrected chi connectivity index (χ0v) is 12.9. The molecule has 0 amide bonds. The van der Waals surface area contributed by atoms with Crippen LogP contribution >= 0.6 is 22.6 Å². The van der Waals surface area contributed by atoms with Crippen LogP contribution in [-0.2, 0) is 11.2 Å². The molecule has 2 aromatic carbocycles. The van der Waals surface area contributed by atoms with Gasteiger partial charge in [-0.25, -0.2) is 4.99 Å². The van der Waals surface area contributed by atoms with Crippen LogP contribution in [0.2, 0.25) is 0 Å². The summed E-state index contributed by atoms with van der Waals surface area (Å²) in [5, 5.41) is 3.19. The molecule has 3 nitrogen and oxygen atoms in total. The van der Waals surface area contributed by atoms with E-state index in [9.17, 15) is 0 Å². The van der Waals surface area contributed by atoms with Crippen molar-refractivity contribution in [2.24, 2.45) is 4.99 Å². The molecule has 2 aromatic rings. The second-order valence-electron chi connectivity index (χ2n) is 4.58. The van der Waals surface area contributed by atoms with Crippen molar-refractivity contribution in [2.75, 3.05) is 11.9 Å². The Balaban J connectivity index is 1.62. The van der Waals surface area contributed by atoms with Crippen molar-refractivity contribution < 1.29 is 4.74 Å². The highest BCUT2D eigenvalue weighted by Gasteiger charge is 2.19. The lowest BCUT2D eigenvalue weighted by Crippen LogP contribution is -2.11. The fourth-order valence-electron chi connectivity index (χ4n) is 2.02. The third kappa shape index (κ3) is 3.42. The van der Waals surface area contributed by atoms with Gasteiger partial charge in [0.25, 0.3) is 6.02 Å². The van der Waals surface area contributed by atoms with Gasteiger partial charge in [0, 0.05) is 9.26 Å². The molecular formula is C16H13IN2O. The normalized spacial score (nSPS) is 17.1. The monoisotopic (exact) mass is 376 g/mol. The molecule has 0 radical (unpaired) electrons. The number of amidine groups is 1. The highest BCUT2D eigenvalue weighted by Crippen LogP contribution is 2.15. The van der Waals surface area contributed by atoms with Crippen molar-refractivity contribution in [3.05, 3.63) is 63.7 Å². The summed E-state index contributed by atoms with van der Waals surface area (Å²) in [6.07, 6.45) is 0.864. The molecule has 1 atom stereocenters. The number of rotatable bonds is 3. The minimum absolute atomic E-state index is 0.164. The highest BCUT2D eigenvalue weighted by atomic mass is 127. The maximum Gasteiger partial charge on any atom is 0.289 e. The Labute approximate surface area is 132 Å². The molecule has 4 heteroatoms. The van der Waals surface area contributed by atoms with E-state index >= 15 is 0 Å². The third-order valence-corrected chi connectivity index (χ3v) is 3.72. The Morgan fingerprint density at radius 3 is 2.85 bits per heavy atom. The second-order valence-corrected chi connectivity index (χ2v) is 5.82. The maximum atomic E-state index is 5.59. The summed E-state index contributed by atoms with van der Waals surface area (Å²) < 4.78 is 6.80. The van der Waals surface area contributed by atoms with Gasteiger partial charge in [-0.2, -0.15) is 0 Å². The van der Waals surface area contributed by atoms with Crippen molar-refractivity contribution in [1.29, 1.82) is 0 Å². The number of ether oxygens (including phenoxy) is 1. The number of aliphatic imine (C=N–C) groups is 1. The molecule has 0 saturated carbocycles. The maximum absolute atomic E-state index is 5.59. The van der Waals surface area contributed by atoms with E-state index in [2.05, 4.69) is 45.0 Å². The Morgan fingerprint density at radius 1 is 1.25 bits per heavy atom. The molecule has 0 aliphatic carbocycles. The third-order valence-electron chi connectivity index (χ3n) is 3.00. The van der Waals surface area contributed by atoms with Crippen LogP contribution in [0.1, 0.15) is 5.56 Å². The lowest BCUT2D eigenvalue weighted by atomic mass is 10.1. The molecule has 100 valence electrons. The van der Waals surface area contributed by atoms with Crippen molar-refractivity contribution in [2.45, 2.75) is 12.5 Å². The average Bonchev–Trinajstić information content (AvgIpc) is 2.90. The predicted molar refractivity (Wildman–Crippen MR) is 87.8 cm³/mol. The molecule has 1 heterocycles. The minimum Gasteiger partial charge on any atom is -0.463 e. The standard InChI is InChI=1S/C16H13IN2O/c17-13-6-8-14(9-7-13)18-16-19-15(11-20-16)10-12-4-2-1-3-5-12/h2,4-9,15H,10-11H2,(H,18,19). The first kappa shape index (κ1) is 13.3. The van der Waals surface area contributed by atoms with Crippen LogP contribution in [0.4, 0.5) is 5.69 Å². The highest BCUT2D eigenvalue weighted by molar-refractivity contribution is 14.1. The van der Waals surface area contributed by atoms with Crippen LogP contribution in [0.5, 0.6) is 0 Å². The van der Waals surface area contributed by atoms with Crippen molar-refractivity contribution in [3.8, 4) is 0 Å². The van der Waals surface area contributed by atoms with E-state index in [0.717, 1.165) is 12.1 Å². The molecule has 1 aliphatic rings. The number of nitrogens with one attached hydrogen (secondary N) is 1. The molecule has 0 aromatic heterocycles. The summed E-state index contributed by atoms with van der Waals surface area (Å²) in [4.78, 5) is 4.56. The second kappa shape index (κ2) is 6.14. The Hall–Kier alpha value is -1.74. The molecule has 1 aliphatic heterocycles. The number of hydrogen-bond acceptors (Lipinski definition) is 3. The van der Waals surface area contributed by atoms with E-state index < -0.39 is 0 Å². The zero-order valence-electron chi connectivity index (χ0n) is 10.8. The van der Waals surface area contributed by atoms with Crippen LogP contribution in [0.15, 0.2) is 47.5 Å². The van der Waals surface area contributed by atoms with Gasteiger partial charge >= 0.3 is 0 Å². The molecule has 20 heavy (non-hydrogen) atoms. The molecular weight excluding hydrogens is 363 g/mol. The molecule has 3 rings (SSSR count). The van der Waals surface area contributed by atoms with E-state index in [1.807, 2.05) is 42.5 Å². The van der Waals surface area contributed by atoms with Crippen LogP contribution in [0, 0.1) is 15.7 Å². The molecule has 1 unspecified atom stereocenters. The number of halogens is 1. The molecule has 0 saturated heterocycles. The molecule has 0 bridgehead atoms. The summed E-state index contributed by atoms with van der Waals surface area (Å²) in [5.74, 6) is 0. The number of anilines is 1. The van der Waals surface area contributed by atoms with E-state index in [0.29, 0.717) is 12.6 Å². The molecule has 1 N–H and O–H groups in total. The fraction of sp³-hybridized carbons (Fsp3) is 0.188. The summed E-state index contributed by atoms with van der Waals surface area (Å²) in [5.41, 5.74) is 2.20. The fourth-order valence-corrected chi connectivity index (χ4v) is 2.38. The molecule has 0 fully saturated rings. The SMILES string of the molecule is Ic1ccc(NC2=NC(Cc3cc#ccc3)CO2)cc1. The minimum atomic E-state index is 0.164. The number of nitrogens with zero attached hydrogens (tertiary/aromatic N) is 1. The van der Waals surface area contributed by atoms with E-state index in [1.165, 1.54) is 9.13 Å². The van der Waals surface area contributed by atoms with Gasteiger partial charge in [-0.1, -0.05) is 12.1 Å². The van der Waals surface area contributed by atoms with E-state index in [4.69, 9.17) is 4.74 Å². The Bertz CT molecular complexity index is 596. The van der Waals surface area contributed by atoms with Crippen LogP contribution in [0.25, 0.3) is 0 Å². The first-order chi connectivity index (χ1) is 9.79. The van der Waals surface area contributed by atoms with Gasteiger partial charge in [0.1, 0.15) is 6.61 Å². The summed E-state index contributed by atoms with van der Waals surface area (Å²) in [6.45, 7) is 0.616. The summed E-state index contributed by atoms with van der Waals surface area (Å²) in [7, 11) is 0. The van der Waals surface area contributed by atoms with Gasteiger partial charge in [-0.3, -0.25) is 0 Å². The van der Waals surface area contributed by atoms with Crippen molar-refractivity contribution in [1.82, 2.24) is 0 Å². The topological polar surface area (TPSA) is 33.6 Å². The number of benzene rings is 1. The number of hydrogen-bond donors (Lipinski definition) is 1. The van der Waals surface area contributed by atoms with Gasteiger partial charge < -0.3 is 10.1 Å². The predicted octanol–water partition coefficient (Wildman–Crippen LogP) is 3.30. The van der Waals surface area contributed by atoms with Crippen molar-refractivity contribution >= 4 is 34.3 Å². The van der Waals surface area contributed by atoms with Gasteiger partial charge in [0.2, 0.25) is 0 Å². The lowest BCUT2D eigenvalue weighted by molar-refractivity contribution is 0.315. The average molecular weight is 376 g/mol. The Kier molecular flexibility index (Phi) is 4.07. The van der Waals surface area contributed by atoms with Crippen molar-refractivity contribution in [3.63, 3.8) is 0 Å². The zero-order chi connectivity index (χ0) is 13.8. The van der Waals surface area contributed by atoms with Crippen LogP contribution < -0.4 is 5.32 Å². The first-order valence-corrected chi connectivity index (χ1v) is 7.47. The molecule has 0 spiro atoms. The van der Waals surface area contributed by atoms with Gasteiger partial charge in [-0.05, 0) is 77.0 Å². The largest absolute Gasteiger partial charge is 0.463 e. The van der Waals surface area contributed by atoms with Crippen LogP contribution in [0.3, 0.4) is 0 Å². The lowest BCUT2D eigenvalue weighted by Gasteiger charge is -2.04. The summed E-state index contributed by atoms with van der Waals surface area (Å²) in [6, 6.07) is 20.6.